The van der Waals surface area contributed by atoms with Crippen LogP contribution in [-0.4, -0.2) is 61.5 Å². The molecule has 110 valence electrons. The van der Waals surface area contributed by atoms with E-state index in [1.54, 1.807) is 11.8 Å². The lowest BCUT2D eigenvalue weighted by Crippen LogP contribution is -2.41. The molecule has 0 aromatic heterocycles. The van der Waals surface area contributed by atoms with Gasteiger partial charge in [-0.3, -0.25) is 4.90 Å². The fourth-order valence-electron chi connectivity index (χ4n) is 2.47. The van der Waals surface area contributed by atoms with Crippen molar-refractivity contribution in [2.24, 2.45) is 0 Å². The molecule has 5 nitrogen and oxygen atoms in total. The van der Waals surface area contributed by atoms with Gasteiger partial charge >= 0.3 is 11.9 Å². The fourth-order valence-corrected chi connectivity index (χ4v) is 4.74. The maximum atomic E-state index is 12.2. The summed E-state index contributed by atoms with van der Waals surface area (Å²) < 4.78 is 9.74. The van der Waals surface area contributed by atoms with Gasteiger partial charge in [-0.05, 0) is 19.4 Å². The highest BCUT2D eigenvalue weighted by Crippen LogP contribution is 2.51. The van der Waals surface area contributed by atoms with Crippen molar-refractivity contribution < 1.29 is 19.1 Å². The highest BCUT2D eigenvalue weighted by Gasteiger charge is 2.52. The first kappa shape index (κ1) is 15.5. The predicted octanol–water partition coefficient (Wildman–Crippen LogP) is 1.26. The molecule has 0 N–H and O–H groups in total. The number of nitrogens with zero attached hydrogens (tertiary/aromatic N) is 1. The first-order valence-corrected chi connectivity index (χ1v) is 8.26. The Bertz CT molecular complexity index is 515. The molecule has 20 heavy (non-hydrogen) atoms. The summed E-state index contributed by atoms with van der Waals surface area (Å²) in [7, 11) is 4.59. The normalized spacial score (nSPS) is 26.1. The van der Waals surface area contributed by atoms with Gasteiger partial charge in [-0.15, -0.1) is 23.5 Å². The molecule has 7 heteroatoms. The molecule has 2 aliphatic rings. The van der Waals surface area contributed by atoms with Gasteiger partial charge in [0.2, 0.25) is 0 Å². The molecule has 1 spiro atoms. The number of carbonyl (C=O) groups is 2. The van der Waals surface area contributed by atoms with E-state index in [1.165, 1.54) is 26.0 Å². The van der Waals surface area contributed by atoms with E-state index in [2.05, 4.69) is 4.90 Å². The zero-order chi connectivity index (χ0) is 14.9. The summed E-state index contributed by atoms with van der Waals surface area (Å²) >= 11 is 3.07. The van der Waals surface area contributed by atoms with Gasteiger partial charge in [-0.2, -0.15) is 0 Å². The summed E-state index contributed by atoms with van der Waals surface area (Å²) in [5.74, 6) is -0.0837. The number of esters is 2. The Morgan fingerprint density at radius 3 is 2.45 bits per heavy atom. The summed E-state index contributed by atoms with van der Waals surface area (Å²) in [6, 6.07) is 0. The SMILES string of the molecule is COC(=O)C1=C(C(=O)OC)C2(C=C1SC)SCCN2C. The van der Waals surface area contributed by atoms with Gasteiger partial charge in [0.25, 0.3) is 0 Å². The van der Waals surface area contributed by atoms with E-state index in [0.29, 0.717) is 11.1 Å². The second kappa shape index (κ2) is 5.83. The van der Waals surface area contributed by atoms with Crippen molar-refractivity contribution >= 4 is 35.5 Å². The third-order valence-electron chi connectivity index (χ3n) is 3.50. The van der Waals surface area contributed by atoms with Crippen molar-refractivity contribution in [3.8, 4) is 0 Å². The summed E-state index contributed by atoms with van der Waals surface area (Å²) in [6.07, 6.45) is 3.84. The van der Waals surface area contributed by atoms with Crippen LogP contribution in [-0.2, 0) is 19.1 Å². The Hall–Kier alpha value is -0.920. The van der Waals surface area contributed by atoms with E-state index in [4.69, 9.17) is 9.47 Å². The number of rotatable bonds is 3. The minimum atomic E-state index is -0.616. The molecule has 1 saturated heterocycles. The highest BCUT2D eigenvalue weighted by molar-refractivity contribution is 8.03. The van der Waals surface area contributed by atoms with Crippen molar-refractivity contribution in [3.05, 3.63) is 22.1 Å². The van der Waals surface area contributed by atoms with Gasteiger partial charge < -0.3 is 9.47 Å². The topological polar surface area (TPSA) is 55.8 Å². The monoisotopic (exact) mass is 315 g/mol. The Balaban J connectivity index is 2.65. The fraction of sp³-hybridized carbons (Fsp3) is 0.538. The molecule has 1 heterocycles. The molecule has 0 saturated carbocycles. The van der Waals surface area contributed by atoms with E-state index >= 15 is 0 Å². The molecule has 1 atom stereocenters. The molecule has 0 radical (unpaired) electrons. The second-order valence-electron chi connectivity index (χ2n) is 4.41. The molecule has 1 aliphatic carbocycles. The first-order valence-electron chi connectivity index (χ1n) is 6.05. The Morgan fingerprint density at radius 1 is 1.35 bits per heavy atom. The Labute approximate surface area is 126 Å². The quantitative estimate of drug-likeness (QED) is 0.727. The average molecular weight is 315 g/mol. The zero-order valence-electron chi connectivity index (χ0n) is 11.9. The number of thioether (sulfide) groups is 2. The van der Waals surface area contributed by atoms with Crippen molar-refractivity contribution in [1.29, 1.82) is 0 Å². The predicted molar refractivity (Wildman–Crippen MR) is 80.5 cm³/mol. The lowest BCUT2D eigenvalue weighted by atomic mass is 10.1. The average Bonchev–Trinajstić information content (AvgIpc) is 2.99. The number of carbonyl (C=O) groups excluding carboxylic acids is 2. The molecule has 1 aliphatic heterocycles. The number of ether oxygens (including phenoxy) is 2. The van der Waals surface area contributed by atoms with Crippen LogP contribution in [0.1, 0.15) is 0 Å². The standard InChI is InChI=1S/C13H17NO4S2/c1-14-5-6-20-13(14)7-8(19-4)9(11(15)17-2)10(13)12(16)18-3/h7H,5-6H2,1-4H3. The van der Waals surface area contributed by atoms with E-state index in [1.807, 2.05) is 19.4 Å². The third-order valence-corrected chi connectivity index (χ3v) is 5.72. The maximum absolute atomic E-state index is 12.2. The van der Waals surface area contributed by atoms with Crippen molar-refractivity contribution in [2.45, 2.75) is 4.87 Å². The molecular formula is C13H17NO4S2. The van der Waals surface area contributed by atoms with Crippen LogP contribution in [0.5, 0.6) is 0 Å². The van der Waals surface area contributed by atoms with Gasteiger partial charge in [0.1, 0.15) is 4.87 Å². The van der Waals surface area contributed by atoms with E-state index in [-0.39, 0.29) is 0 Å². The molecule has 1 fully saturated rings. The number of hydrogen-bond acceptors (Lipinski definition) is 7. The summed E-state index contributed by atoms with van der Waals surface area (Å²) in [4.78, 5) is 26.5. The minimum absolute atomic E-state index is 0.327. The maximum Gasteiger partial charge on any atom is 0.339 e. The molecule has 2 rings (SSSR count). The number of likely N-dealkylation sites (N-methyl/N-ethyl adjacent to an activating group) is 1. The van der Waals surface area contributed by atoms with Crippen LogP contribution < -0.4 is 0 Å². The van der Waals surface area contributed by atoms with Crippen LogP contribution in [0.15, 0.2) is 22.1 Å². The van der Waals surface area contributed by atoms with Crippen molar-refractivity contribution in [2.75, 3.05) is 39.8 Å². The van der Waals surface area contributed by atoms with Gasteiger partial charge in [-0.1, -0.05) is 0 Å². The van der Waals surface area contributed by atoms with Gasteiger partial charge in [0.05, 0.1) is 25.4 Å². The first-order chi connectivity index (χ1) is 9.51. The zero-order valence-corrected chi connectivity index (χ0v) is 13.5. The second-order valence-corrected chi connectivity index (χ2v) is 6.58. The van der Waals surface area contributed by atoms with Gasteiger partial charge in [0, 0.05) is 17.2 Å². The Morgan fingerprint density at radius 2 is 2.00 bits per heavy atom. The molecule has 0 amide bonds. The van der Waals surface area contributed by atoms with Crippen LogP contribution >= 0.6 is 23.5 Å². The molecule has 0 bridgehead atoms. The van der Waals surface area contributed by atoms with Crippen LogP contribution in [0.25, 0.3) is 0 Å². The van der Waals surface area contributed by atoms with E-state index in [9.17, 15) is 9.59 Å². The molecule has 0 aromatic rings. The van der Waals surface area contributed by atoms with E-state index < -0.39 is 16.8 Å². The molecule has 1 unspecified atom stereocenters. The number of methoxy groups -OCH3 is 2. The number of hydrogen-bond donors (Lipinski definition) is 0. The summed E-state index contributed by atoms with van der Waals surface area (Å²) in [6.45, 7) is 0.845. The lowest BCUT2D eigenvalue weighted by Gasteiger charge is -2.31. The van der Waals surface area contributed by atoms with Crippen molar-refractivity contribution in [1.82, 2.24) is 4.90 Å². The minimum Gasteiger partial charge on any atom is -0.466 e. The lowest BCUT2D eigenvalue weighted by molar-refractivity contribution is -0.139. The van der Waals surface area contributed by atoms with Gasteiger partial charge in [-0.25, -0.2) is 9.59 Å². The van der Waals surface area contributed by atoms with Crippen molar-refractivity contribution in [3.63, 3.8) is 0 Å². The largest absolute Gasteiger partial charge is 0.466 e. The van der Waals surface area contributed by atoms with Gasteiger partial charge in [0.15, 0.2) is 0 Å². The van der Waals surface area contributed by atoms with Crippen LogP contribution in [0.4, 0.5) is 0 Å². The molecule has 0 aromatic carbocycles. The Kier molecular flexibility index (Phi) is 4.51. The van der Waals surface area contributed by atoms with E-state index in [0.717, 1.165) is 17.2 Å². The highest BCUT2D eigenvalue weighted by atomic mass is 32.2. The van der Waals surface area contributed by atoms with Crippen LogP contribution in [0, 0.1) is 0 Å². The summed E-state index contributed by atoms with van der Waals surface area (Å²) in [5, 5.41) is 0. The van der Waals surface area contributed by atoms with Crippen LogP contribution in [0.2, 0.25) is 0 Å². The molecular weight excluding hydrogens is 298 g/mol. The summed E-state index contributed by atoms with van der Waals surface area (Å²) in [5.41, 5.74) is 0.703. The smallest absolute Gasteiger partial charge is 0.339 e. The van der Waals surface area contributed by atoms with Crippen LogP contribution in [0.3, 0.4) is 0 Å². The third kappa shape index (κ3) is 2.17.